The number of furan rings is 1. The van der Waals surface area contributed by atoms with Gasteiger partial charge in [-0.3, -0.25) is 9.36 Å². The lowest BCUT2D eigenvalue weighted by molar-refractivity contribution is -0.139. The van der Waals surface area contributed by atoms with Gasteiger partial charge in [0.2, 0.25) is 0 Å². The lowest BCUT2D eigenvalue weighted by Gasteiger charge is -2.25. The SMILES string of the molecule is CCOC(=O)C1=C(C)N=c2s/c(=C\c3ccc(N4CCCCC4)o3)c(=O)n2C1c1cccs1. The lowest BCUT2D eigenvalue weighted by Crippen LogP contribution is -2.39. The van der Waals surface area contributed by atoms with E-state index < -0.39 is 12.0 Å². The van der Waals surface area contributed by atoms with E-state index in [0.29, 0.717) is 26.4 Å². The van der Waals surface area contributed by atoms with Gasteiger partial charge in [0, 0.05) is 30.1 Å². The Bertz CT molecular complexity index is 1370. The van der Waals surface area contributed by atoms with E-state index in [9.17, 15) is 9.59 Å². The minimum absolute atomic E-state index is 0.192. The smallest absolute Gasteiger partial charge is 0.338 e. The number of nitrogens with zero attached hydrogens (tertiary/aromatic N) is 3. The summed E-state index contributed by atoms with van der Waals surface area (Å²) in [5.41, 5.74) is 0.788. The van der Waals surface area contributed by atoms with Gasteiger partial charge < -0.3 is 14.1 Å². The Morgan fingerprint density at radius 2 is 2.09 bits per heavy atom. The van der Waals surface area contributed by atoms with Gasteiger partial charge in [-0.05, 0) is 50.6 Å². The van der Waals surface area contributed by atoms with Gasteiger partial charge in [-0.25, -0.2) is 9.79 Å². The van der Waals surface area contributed by atoms with E-state index in [1.165, 1.54) is 41.9 Å². The number of thiophene rings is 1. The van der Waals surface area contributed by atoms with Crippen LogP contribution in [0.1, 0.15) is 49.8 Å². The van der Waals surface area contributed by atoms with Crippen LogP contribution < -0.4 is 19.8 Å². The number of piperidine rings is 1. The van der Waals surface area contributed by atoms with E-state index in [-0.39, 0.29) is 12.2 Å². The van der Waals surface area contributed by atoms with Gasteiger partial charge in [-0.15, -0.1) is 11.3 Å². The number of esters is 1. The molecule has 0 aromatic carbocycles. The van der Waals surface area contributed by atoms with Crippen LogP contribution in [0.15, 0.2) is 55.1 Å². The maximum atomic E-state index is 13.5. The third kappa shape index (κ3) is 4.11. The highest BCUT2D eigenvalue weighted by Gasteiger charge is 2.33. The highest BCUT2D eigenvalue weighted by molar-refractivity contribution is 7.10. The second kappa shape index (κ2) is 9.15. The summed E-state index contributed by atoms with van der Waals surface area (Å²) in [5, 5.41) is 1.94. The van der Waals surface area contributed by atoms with E-state index in [1.54, 1.807) is 24.5 Å². The quantitative estimate of drug-likeness (QED) is 0.520. The van der Waals surface area contributed by atoms with Gasteiger partial charge in [0.15, 0.2) is 10.7 Å². The van der Waals surface area contributed by atoms with Crippen LogP contribution in [0.4, 0.5) is 5.88 Å². The molecule has 0 bridgehead atoms. The van der Waals surface area contributed by atoms with Crippen LogP contribution in [0, 0.1) is 0 Å². The van der Waals surface area contributed by atoms with Crippen LogP contribution >= 0.6 is 22.7 Å². The number of hydrogen-bond donors (Lipinski definition) is 0. The van der Waals surface area contributed by atoms with Crippen molar-refractivity contribution in [3.63, 3.8) is 0 Å². The summed E-state index contributed by atoms with van der Waals surface area (Å²) in [6.45, 7) is 5.80. The van der Waals surface area contributed by atoms with Crippen LogP contribution in [0.3, 0.4) is 0 Å². The van der Waals surface area contributed by atoms with Gasteiger partial charge in [0.05, 0.1) is 22.4 Å². The first kappa shape index (κ1) is 21.9. The molecule has 3 aromatic rings. The first-order valence-electron chi connectivity index (χ1n) is 11.1. The van der Waals surface area contributed by atoms with Crippen molar-refractivity contribution in [2.75, 3.05) is 24.6 Å². The van der Waals surface area contributed by atoms with Crippen LogP contribution in [-0.4, -0.2) is 30.2 Å². The van der Waals surface area contributed by atoms with Crippen molar-refractivity contribution in [3.05, 3.63) is 71.2 Å². The minimum atomic E-state index is -0.553. The first-order valence-corrected chi connectivity index (χ1v) is 12.8. The minimum Gasteiger partial charge on any atom is -0.463 e. The molecule has 0 saturated carbocycles. The third-order valence-electron chi connectivity index (χ3n) is 5.88. The summed E-state index contributed by atoms with van der Waals surface area (Å²) >= 11 is 2.81. The Kier molecular flexibility index (Phi) is 6.07. The summed E-state index contributed by atoms with van der Waals surface area (Å²) in [5.74, 6) is 1.03. The molecule has 5 heterocycles. The van der Waals surface area contributed by atoms with E-state index in [1.807, 2.05) is 29.6 Å². The molecule has 172 valence electrons. The summed E-state index contributed by atoms with van der Waals surface area (Å²) in [4.78, 5) is 34.6. The molecule has 0 amide bonds. The fourth-order valence-corrected chi connectivity index (χ4v) is 6.19. The van der Waals surface area contributed by atoms with Gasteiger partial charge in [-0.1, -0.05) is 17.4 Å². The molecule has 7 nitrogen and oxygen atoms in total. The fourth-order valence-electron chi connectivity index (χ4n) is 4.34. The number of allylic oxidation sites excluding steroid dienone is 1. The van der Waals surface area contributed by atoms with E-state index in [2.05, 4.69) is 9.89 Å². The molecule has 3 aromatic heterocycles. The molecule has 1 fully saturated rings. The zero-order chi connectivity index (χ0) is 22.9. The zero-order valence-electron chi connectivity index (χ0n) is 18.6. The second-order valence-electron chi connectivity index (χ2n) is 8.04. The van der Waals surface area contributed by atoms with Crippen LogP contribution in [0.25, 0.3) is 6.08 Å². The van der Waals surface area contributed by atoms with Crippen molar-refractivity contribution in [2.45, 2.75) is 39.2 Å². The predicted octanol–water partition coefficient (Wildman–Crippen LogP) is 3.44. The summed E-state index contributed by atoms with van der Waals surface area (Å²) in [6, 6.07) is 7.16. The highest BCUT2D eigenvalue weighted by atomic mass is 32.1. The topological polar surface area (TPSA) is 77.0 Å². The number of ether oxygens (including phenoxy) is 1. The maximum absolute atomic E-state index is 13.5. The third-order valence-corrected chi connectivity index (χ3v) is 7.79. The molecule has 1 unspecified atom stereocenters. The number of carbonyl (C=O) groups is 1. The molecule has 1 saturated heterocycles. The monoisotopic (exact) mass is 483 g/mol. The number of anilines is 1. The Labute approximate surface area is 198 Å². The molecule has 0 spiro atoms. The van der Waals surface area contributed by atoms with Crippen molar-refractivity contribution >= 4 is 40.6 Å². The molecular formula is C24H25N3O4S2. The zero-order valence-corrected chi connectivity index (χ0v) is 20.2. The summed E-state index contributed by atoms with van der Waals surface area (Å²) in [7, 11) is 0. The molecule has 9 heteroatoms. The van der Waals surface area contributed by atoms with Crippen molar-refractivity contribution in [1.82, 2.24) is 4.57 Å². The van der Waals surface area contributed by atoms with Gasteiger partial charge in [0.1, 0.15) is 11.8 Å². The fraction of sp³-hybridized carbons (Fsp3) is 0.375. The molecule has 0 aliphatic carbocycles. The van der Waals surface area contributed by atoms with Crippen molar-refractivity contribution in [2.24, 2.45) is 4.99 Å². The van der Waals surface area contributed by atoms with Gasteiger partial charge >= 0.3 is 5.97 Å². The molecule has 2 aliphatic rings. The number of hydrogen-bond acceptors (Lipinski definition) is 8. The van der Waals surface area contributed by atoms with Crippen molar-refractivity contribution < 1.29 is 13.9 Å². The number of fused-ring (bicyclic) bond motifs is 1. The number of carbonyl (C=O) groups excluding carboxylic acids is 1. The molecule has 1 atom stereocenters. The number of rotatable bonds is 5. The number of thiazole rings is 1. The van der Waals surface area contributed by atoms with Crippen molar-refractivity contribution in [3.8, 4) is 0 Å². The van der Waals surface area contributed by atoms with E-state index in [0.717, 1.165) is 23.9 Å². The molecule has 2 aliphatic heterocycles. The normalized spacial score (nSPS) is 18.9. The van der Waals surface area contributed by atoms with Crippen LogP contribution in [0.2, 0.25) is 0 Å². The summed E-state index contributed by atoms with van der Waals surface area (Å²) < 4.78 is 13.5. The average Bonchev–Trinajstić information content (AvgIpc) is 3.56. The summed E-state index contributed by atoms with van der Waals surface area (Å²) in [6.07, 6.45) is 5.36. The van der Waals surface area contributed by atoms with Crippen LogP contribution in [0.5, 0.6) is 0 Å². The predicted molar refractivity (Wildman–Crippen MR) is 129 cm³/mol. The largest absolute Gasteiger partial charge is 0.463 e. The molecular weight excluding hydrogens is 458 g/mol. The van der Waals surface area contributed by atoms with Crippen LogP contribution in [-0.2, 0) is 9.53 Å². The lowest BCUT2D eigenvalue weighted by atomic mass is 10.0. The molecule has 0 radical (unpaired) electrons. The Balaban J connectivity index is 1.58. The van der Waals surface area contributed by atoms with Crippen molar-refractivity contribution in [1.29, 1.82) is 0 Å². The van der Waals surface area contributed by atoms with E-state index in [4.69, 9.17) is 9.15 Å². The van der Waals surface area contributed by atoms with Gasteiger partial charge in [-0.2, -0.15) is 0 Å². The molecule has 33 heavy (non-hydrogen) atoms. The Morgan fingerprint density at radius 3 is 2.82 bits per heavy atom. The number of aromatic nitrogens is 1. The molecule has 5 rings (SSSR count). The maximum Gasteiger partial charge on any atom is 0.338 e. The molecule has 0 N–H and O–H groups in total. The first-order chi connectivity index (χ1) is 16.1. The standard InChI is InChI=1S/C24H25N3O4S2/c1-3-30-23(29)20-15(2)25-24-27(21(20)17-8-7-13-32-17)22(28)18(33-24)14-16-9-10-19(31-16)26-11-5-4-6-12-26/h7-10,13-14,21H,3-6,11-12H2,1-2H3/b18-14-. The Morgan fingerprint density at radius 1 is 1.27 bits per heavy atom. The average molecular weight is 484 g/mol. The van der Waals surface area contributed by atoms with E-state index >= 15 is 0 Å². The highest BCUT2D eigenvalue weighted by Crippen LogP contribution is 2.33. The van der Waals surface area contributed by atoms with Gasteiger partial charge in [0.25, 0.3) is 5.56 Å². The Hall–Kier alpha value is -2.91. The second-order valence-corrected chi connectivity index (χ2v) is 10.0.